The zero-order chi connectivity index (χ0) is 35.4. The molecule has 11 nitrogen and oxygen atoms in total. The van der Waals surface area contributed by atoms with Gasteiger partial charge in [-0.1, -0.05) is 34.6 Å². The largest absolute Gasteiger partial charge is 0.459 e. The minimum Gasteiger partial charge on any atom is -0.459 e. The molecule has 0 unspecified atom stereocenters. The van der Waals surface area contributed by atoms with E-state index in [9.17, 15) is 24.3 Å². The molecule has 2 bridgehead atoms. The van der Waals surface area contributed by atoms with Crippen molar-refractivity contribution in [3.8, 4) is 0 Å². The minimum atomic E-state index is -1.60. The van der Waals surface area contributed by atoms with Crippen LogP contribution in [0, 0.1) is 29.6 Å². The van der Waals surface area contributed by atoms with Crippen LogP contribution in [0.1, 0.15) is 107 Å². The topological polar surface area (TPSA) is 141 Å². The van der Waals surface area contributed by atoms with Crippen LogP contribution in [0.25, 0.3) is 0 Å². The van der Waals surface area contributed by atoms with Crippen LogP contribution in [-0.4, -0.2) is 102 Å². The number of ether oxygens (including phenoxy) is 4. The number of aliphatic hydroxyl groups is 1. The maximum Gasteiger partial charge on any atom is 0.316 e. The summed E-state index contributed by atoms with van der Waals surface area (Å²) in [6, 6.07) is 0.180. The van der Waals surface area contributed by atoms with Gasteiger partial charge in [-0.15, -0.1) is 0 Å². The molecule has 0 aliphatic carbocycles. The third kappa shape index (κ3) is 9.15. The summed E-state index contributed by atoms with van der Waals surface area (Å²) in [6.45, 7) is 15.9. The Balaban J connectivity index is 2.27. The monoisotopic (exact) mass is 664 g/mol. The molecule has 3 rings (SSSR count). The van der Waals surface area contributed by atoms with Gasteiger partial charge in [-0.2, -0.15) is 0 Å². The molecule has 3 fully saturated rings. The molecule has 0 aromatic heterocycles. The lowest BCUT2D eigenvalue weighted by Gasteiger charge is -2.46. The fourth-order valence-corrected chi connectivity index (χ4v) is 8.03. The Hall–Kier alpha value is -2.05. The Morgan fingerprint density at radius 3 is 2.30 bits per heavy atom. The summed E-state index contributed by atoms with van der Waals surface area (Å²) in [6.07, 6.45) is -0.202. The van der Waals surface area contributed by atoms with Crippen LogP contribution in [0.3, 0.4) is 0 Å². The molecule has 0 aromatic rings. The van der Waals surface area contributed by atoms with Crippen LogP contribution in [0.5, 0.6) is 0 Å². The molecule has 12 atom stereocenters. The summed E-state index contributed by atoms with van der Waals surface area (Å²) in [4.78, 5) is 60.9. The smallest absolute Gasteiger partial charge is 0.316 e. The number of hydrogen-bond acceptors (Lipinski definition) is 10. The van der Waals surface area contributed by atoms with Gasteiger partial charge >= 0.3 is 5.97 Å². The third-order valence-electron chi connectivity index (χ3n) is 10.9. The lowest BCUT2D eigenvalue weighted by molar-refractivity contribution is -0.264. The van der Waals surface area contributed by atoms with Crippen LogP contribution in [-0.2, 0) is 38.1 Å². The van der Waals surface area contributed by atoms with E-state index in [1.807, 2.05) is 41.8 Å². The molecule has 0 saturated carbocycles. The van der Waals surface area contributed by atoms with E-state index in [0.717, 1.165) is 6.42 Å². The first kappa shape index (κ1) is 39.4. The molecule has 0 aromatic carbocycles. The van der Waals surface area contributed by atoms with Crippen molar-refractivity contribution in [1.82, 2.24) is 4.90 Å². The van der Waals surface area contributed by atoms with Crippen molar-refractivity contribution in [3.63, 3.8) is 0 Å². The third-order valence-corrected chi connectivity index (χ3v) is 10.9. The Morgan fingerprint density at radius 2 is 1.70 bits per heavy atom. The summed E-state index contributed by atoms with van der Waals surface area (Å²) in [7, 11) is 4.02. The second-order valence-electron chi connectivity index (χ2n) is 15.0. The number of cyclic esters (lactones) is 1. The maximum absolute atomic E-state index is 14.2. The molecule has 11 heteroatoms. The predicted molar refractivity (Wildman–Crippen MR) is 178 cm³/mol. The van der Waals surface area contributed by atoms with Crippen LogP contribution in [0.4, 0.5) is 0 Å². The summed E-state index contributed by atoms with van der Waals surface area (Å²) >= 11 is 0. The molecule has 268 valence electrons. The summed E-state index contributed by atoms with van der Waals surface area (Å²) < 4.78 is 25.5. The van der Waals surface area contributed by atoms with Crippen LogP contribution < -0.4 is 0 Å². The van der Waals surface area contributed by atoms with E-state index < -0.39 is 65.1 Å². The van der Waals surface area contributed by atoms with Gasteiger partial charge in [-0.25, -0.2) is 4.99 Å². The van der Waals surface area contributed by atoms with Crippen LogP contribution in [0.2, 0.25) is 0 Å². The number of rotatable bonds is 5. The van der Waals surface area contributed by atoms with Gasteiger partial charge in [0.1, 0.15) is 24.2 Å². The number of carbonyl (C=O) groups is 4. The summed E-state index contributed by atoms with van der Waals surface area (Å²) in [5, 5.41) is 12.2. The van der Waals surface area contributed by atoms with Crippen molar-refractivity contribution in [2.24, 2.45) is 34.6 Å². The quantitative estimate of drug-likeness (QED) is 0.329. The lowest BCUT2D eigenvalue weighted by atomic mass is 9.68. The standard InChI is InChI=1S/C36H60N2O9/c1-12-28-36(9,43)27-15-14-26(39)19-44-35(8,18-20(3)31(22(27)5)37-29(40)13-2)33(23(6)32(41)24(7)34(42)46-28)47-30-17-25(38(10)11)16-21(4)45-30/h20-25,27-28,30,33,43H,12-19H2,1-11H3/t20-,21-,22-,23+,24-,25+,27-,28-,30+,33-,35-,36+/m1/s1. The number of ketones is 2. The van der Waals surface area contributed by atoms with E-state index in [0.29, 0.717) is 12.1 Å². The summed E-state index contributed by atoms with van der Waals surface area (Å²) in [5.41, 5.74) is -2.26. The number of esters is 1. The summed E-state index contributed by atoms with van der Waals surface area (Å²) in [5.74, 6) is -5.04. The number of nitrogens with zero attached hydrogens (tertiary/aromatic N) is 2. The molecule has 47 heavy (non-hydrogen) atoms. The van der Waals surface area contributed by atoms with Gasteiger partial charge in [-0.05, 0) is 79.3 Å². The van der Waals surface area contributed by atoms with E-state index in [-0.39, 0.29) is 68.5 Å². The molecule has 1 amide bonds. The van der Waals surface area contributed by atoms with E-state index in [2.05, 4.69) is 9.89 Å². The van der Waals surface area contributed by atoms with Gasteiger partial charge in [0.15, 0.2) is 17.9 Å². The molecule has 0 spiro atoms. The van der Waals surface area contributed by atoms with Crippen LogP contribution >= 0.6 is 0 Å². The number of hydrogen-bond donors (Lipinski definition) is 1. The number of amides is 1. The van der Waals surface area contributed by atoms with Gasteiger partial charge in [0.25, 0.3) is 0 Å². The fraction of sp³-hybridized carbons (Fsp3) is 0.861. The Bertz CT molecular complexity index is 1170. The average Bonchev–Trinajstić information content (AvgIpc) is 3.02. The molecule has 3 aliphatic heterocycles. The van der Waals surface area contributed by atoms with Crippen molar-refractivity contribution in [1.29, 1.82) is 0 Å². The zero-order valence-electron chi connectivity index (χ0n) is 30.5. The first-order chi connectivity index (χ1) is 21.9. The fourth-order valence-electron chi connectivity index (χ4n) is 8.03. The van der Waals surface area contributed by atoms with Crippen molar-refractivity contribution in [2.45, 2.75) is 149 Å². The molecule has 3 heterocycles. The van der Waals surface area contributed by atoms with Gasteiger partial charge in [0, 0.05) is 42.9 Å². The molecular weight excluding hydrogens is 604 g/mol. The van der Waals surface area contributed by atoms with Gasteiger partial charge in [0.2, 0.25) is 5.91 Å². The van der Waals surface area contributed by atoms with Gasteiger partial charge in [0.05, 0.1) is 17.8 Å². The first-order valence-corrected chi connectivity index (χ1v) is 17.6. The normalized spacial score (nSPS) is 42.4. The van der Waals surface area contributed by atoms with E-state index in [4.69, 9.17) is 18.9 Å². The Kier molecular flexibility index (Phi) is 13.5. The maximum atomic E-state index is 14.2. The van der Waals surface area contributed by atoms with Gasteiger partial charge in [-0.3, -0.25) is 19.2 Å². The van der Waals surface area contributed by atoms with Crippen molar-refractivity contribution in [3.05, 3.63) is 0 Å². The zero-order valence-corrected chi connectivity index (χ0v) is 30.5. The highest BCUT2D eigenvalue weighted by molar-refractivity contribution is 6.00. The van der Waals surface area contributed by atoms with Crippen molar-refractivity contribution < 1.29 is 43.2 Å². The Morgan fingerprint density at radius 1 is 1.04 bits per heavy atom. The average molecular weight is 665 g/mol. The van der Waals surface area contributed by atoms with Crippen molar-refractivity contribution >= 4 is 29.2 Å². The van der Waals surface area contributed by atoms with E-state index in [1.54, 1.807) is 27.7 Å². The molecule has 3 aliphatic rings. The number of Topliss-reactive ketones (excluding diaryl/α,β-unsaturated/α-hetero) is 2. The molecular formula is C36H60N2O9. The second kappa shape index (κ2) is 16.1. The van der Waals surface area contributed by atoms with Crippen molar-refractivity contribution in [2.75, 3.05) is 20.7 Å². The second-order valence-corrected chi connectivity index (χ2v) is 15.0. The van der Waals surface area contributed by atoms with E-state index >= 15 is 0 Å². The van der Waals surface area contributed by atoms with E-state index in [1.165, 1.54) is 6.92 Å². The lowest BCUT2D eigenvalue weighted by Crippen LogP contribution is -2.56. The van der Waals surface area contributed by atoms with Crippen LogP contribution in [0.15, 0.2) is 4.99 Å². The number of aliphatic imine (C=N–C) groups is 1. The molecule has 1 N–H and O–H groups in total. The highest BCUT2D eigenvalue weighted by Crippen LogP contribution is 2.42. The highest BCUT2D eigenvalue weighted by atomic mass is 16.7. The molecule has 3 saturated heterocycles. The number of fused-ring (bicyclic) bond motifs is 5. The molecule has 0 radical (unpaired) electrons. The number of carbonyl (C=O) groups excluding carboxylic acids is 4. The predicted octanol–water partition coefficient (Wildman–Crippen LogP) is 4.55. The van der Waals surface area contributed by atoms with Gasteiger partial charge < -0.3 is 29.0 Å². The Labute approximate surface area is 281 Å². The minimum absolute atomic E-state index is 0.0964. The first-order valence-electron chi connectivity index (χ1n) is 17.6. The SMILES string of the molecule is CCC(=O)N=C1[C@H](C)C[C@@]2(C)OCC(=O)CC[C@H]([C@H]1C)[C@](C)(O)[C@@H](CC)OC(=O)[C@H](C)C(=O)[C@H](C)[C@H]2O[C@H]1C[C@@H](N(C)C)C[C@@H](C)O1. The highest BCUT2D eigenvalue weighted by Gasteiger charge is 2.51.